The van der Waals surface area contributed by atoms with E-state index in [0.717, 1.165) is 25.7 Å². The van der Waals surface area contributed by atoms with E-state index in [9.17, 15) is 5.11 Å². The number of hydrogen-bond acceptors (Lipinski definition) is 2. The van der Waals surface area contributed by atoms with Crippen LogP contribution in [0.1, 0.15) is 49.7 Å². The summed E-state index contributed by atoms with van der Waals surface area (Å²) in [7, 11) is 4.33. The van der Waals surface area contributed by atoms with Crippen molar-refractivity contribution in [2.75, 3.05) is 14.1 Å². The second kappa shape index (κ2) is 6.70. The molecule has 2 aromatic rings. The van der Waals surface area contributed by atoms with Crippen LogP contribution in [-0.4, -0.2) is 29.7 Å². The van der Waals surface area contributed by atoms with E-state index in [0.29, 0.717) is 0 Å². The smallest absolute Gasteiger partial charge is 0.0715 e. The van der Waals surface area contributed by atoms with Crippen LogP contribution in [0, 0.1) is 0 Å². The zero-order valence-electron chi connectivity index (χ0n) is 15.1. The Morgan fingerprint density at radius 3 is 1.83 bits per heavy atom. The molecule has 1 fully saturated rings. The molecule has 0 aromatic heterocycles. The van der Waals surface area contributed by atoms with Crippen molar-refractivity contribution in [3.8, 4) is 0 Å². The molecule has 1 aliphatic carbocycles. The lowest BCUT2D eigenvalue weighted by Gasteiger charge is -2.50. The number of rotatable bonds is 4. The Hall–Kier alpha value is -1.64. The summed E-state index contributed by atoms with van der Waals surface area (Å²) >= 11 is 0. The Morgan fingerprint density at radius 1 is 0.833 bits per heavy atom. The molecule has 0 amide bonds. The highest BCUT2D eigenvalue weighted by Crippen LogP contribution is 2.48. The summed E-state index contributed by atoms with van der Waals surface area (Å²) in [6, 6.07) is 21.2. The van der Waals surface area contributed by atoms with Crippen LogP contribution in [0.2, 0.25) is 0 Å². The molecule has 0 aliphatic heterocycles. The van der Waals surface area contributed by atoms with Gasteiger partial charge < -0.3 is 5.11 Å². The summed E-state index contributed by atoms with van der Waals surface area (Å²) in [5.74, 6) is 0.162. The van der Waals surface area contributed by atoms with Crippen molar-refractivity contribution < 1.29 is 5.11 Å². The monoisotopic (exact) mass is 323 g/mol. The molecule has 24 heavy (non-hydrogen) atoms. The zero-order valence-corrected chi connectivity index (χ0v) is 15.1. The molecule has 1 N–H and O–H groups in total. The van der Waals surface area contributed by atoms with Crippen LogP contribution in [0.5, 0.6) is 0 Å². The van der Waals surface area contributed by atoms with Gasteiger partial charge in [0, 0.05) is 11.5 Å². The second-order valence-corrected chi connectivity index (χ2v) is 7.53. The van der Waals surface area contributed by atoms with Crippen molar-refractivity contribution in [2.45, 2.75) is 49.7 Å². The minimum atomic E-state index is -0.615. The van der Waals surface area contributed by atoms with Crippen molar-refractivity contribution in [3.05, 3.63) is 71.8 Å². The Morgan fingerprint density at radius 2 is 1.33 bits per heavy atom. The highest BCUT2D eigenvalue weighted by atomic mass is 16.3. The lowest BCUT2D eigenvalue weighted by molar-refractivity contribution is -0.0608. The highest BCUT2D eigenvalue weighted by molar-refractivity contribution is 5.28. The standard InChI is InChI=1S/C22H29NO/c1-18(19-10-6-4-7-11-19)22(24)16-14-21(15-17-22,23(2)3)20-12-8-5-9-13-20/h4-13,18,24H,14-17H2,1-3H3. The second-order valence-electron chi connectivity index (χ2n) is 7.53. The first-order valence-corrected chi connectivity index (χ1v) is 8.98. The van der Waals surface area contributed by atoms with Crippen LogP contribution in [-0.2, 0) is 5.54 Å². The zero-order chi connectivity index (χ0) is 17.2. The number of hydrogen-bond donors (Lipinski definition) is 1. The van der Waals surface area contributed by atoms with Crippen molar-refractivity contribution in [3.63, 3.8) is 0 Å². The fourth-order valence-corrected chi connectivity index (χ4v) is 4.32. The van der Waals surface area contributed by atoms with Crippen LogP contribution in [0.4, 0.5) is 0 Å². The van der Waals surface area contributed by atoms with Gasteiger partial charge in [0.1, 0.15) is 0 Å². The Balaban J connectivity index is 1.83. The van der Waals surface area contributed by atoms with E-state index in [1.807, 2.05) is 6.07 Å². The first-order valence-electron chi connectivity index (χ1n) is 8.98. The van der Waals surface area contributed by atoms with Gasteiger partial charge in [-0.05, 0) is 50.9 Å². The molecule has 0 heterocycles. The molecule has 1 unspecified atom stereocenters. The van der Waals surface area contributed by atoms with Crippen LogP contribution in [0.3, 0.4) is 0 Å². The normalized spacial score (nSPS) is 28.7. The summed E-state index contributed by atoms with van der Waals surface area (Å²) in [5.41, 5.74) is 2.01. The molecule has 128 valence electrons. The molecule has 0 bridgehead atoms. The van der Waals surface area contributed by atoms with Gasteiger partial charge in [-0.15, -0.1) is 0 Å². The predicted molar refractivity (Wildman–Crippen MR) is 100 cm³/mol. The van der Waals surface area contributed by atoms with E-state index in [1.54, 1.807) is 0 Å². The van der Waals surface area contributed by atoms with Gasteiger partial charge in [0.25, 0.3) is 0 Å². The van der Waals surface area contributed by atoms with Crippen LogP contribution >= 0.6 is 0 Å². The largest absolute Gasteiger partial charge is 0.389 e. The first kappa shape index (κ1) is 17.2. The SMILES string of the molecule is CC(c1ccccc1)C1(O)CCC(c2ccccc2)(N(C)C)CC1. The number of benzene rings is 2. The number of nitrogens with zero attached hydrogens (tertiary/aromatic N) is 1. The lowest BCUT2D eigenvalue weighted by atomic mass is 9.65. The lowest BCUT2D eigenvalue weighted by Crippen LogP contribution is -2.50. The van der Waals surface area contributed by atoms with E-state index in [2.05, 4.69) is 80.5 Å². The molecule has 2 aromatic carbocycles. The van der Waals surface area contributed by atoms with Crippen LogP contribution in [0.15, 0.2) is 60.7 Å². The average Bonchev–Trinajstić information content (AvgIpc) is 2.63. The van der Waals surface area contributed by atoms with Crippen LogP contribution < -0.4 is 0 Å². The third kappa shape index (κ3) is 3.01. The maximum atomic E-state index is 11.3. The molecule has 3 rings (SSSR count). The van der Waals surface area contributed by atoms with E-state index >= 15 is 0 Å². The van der Waals surface area contributed by atoms with E-state index in [-0.39, 0.29) is 11.5 Å². The molecule has 2 nitrogen and oxygen atoms in total. The Labute approximate surface area is 146 Å². The third-order valence-electron chi connectivity index (χ3n) is 6.22. The topological polar surface area (TPSA) is 23.5 Å². The molecule has 0 radical (unpaired) electrons. The maximum Gasteiger partial charge on any atom is 0.0715 e. The summed E-state index contributed by atoms with van der Waals surface area (Å²) in [6.07, 6.45) is 3.63. The molecular formula is C22H29NO. The fraction of sp³-hybridized carbons (Fsp3) is 0.455. The summed E-state index contributed by atoms with van der Waals surface area (Å²) in [4.78, 5) is 2.34. The van der Waals surface area contributed by atoms with Gasteiger partial charge in [0.05, 0.1) is 5.60 Å². The predicted octanol–water partition coefficient (Wildman–Crippen LogP) is 4.55. The summed E-state index contributed by atoms with van der Waals surface area (Å²) in [5, 5.41) is 11.3. The molecular weight excluding hydrogens is 294 g/mol. The van der Waals surface area contributed by atoms with Gasteiger partial charge in [-0.1, -0.05) is 67.6 Å². The molecule has 0 saturated heterocycles. The summed E-state index contributed by atoms with van der Waals surface area (Å²) < 4.78 is 0. The van der Waals surface area contributed by atoms with Gasteiger partial charge in [0.15, 0.2) is 0 Å². The number of aliphatic hydroxyl groups is 1. The van der Waals surface area contributed by atoms with E-state index in [4.69, 9.17) is 0 Å². The fourth-order valence-electron chi connectivity index (χ4n) is 4.32. The third-order valence-corrected chi connectivity index (χ3v) is 6.22. The quantitative estimate of drug-likeness (QED) is 0.892. The average molecular weight is 323 g/mol. The van der Waals surface area contributed by atoms with Gasteiger partial charge in [-0.3, -0.25) is 4.90 Å². The van der Waals surface area contributed by atoms with Crippen LogP contribution in [0.25, 0.3) is 0 Å². The van der Waals surface area contributed by atoms with Gasteiger partial charge in [-0.25, -0.2) is 0 Å². The summed E-state index contributed by atoms with van der Waals surface area (Å²) in [6.45, 7) is 2.17. The van der Waals surface area contributed by atoms with E-state index in [1.165, 1.54) is 11.1 Å². The van der Waals surface area contributed by atoms with Gasteiger partial charge >= 0.3 is 0 Å². The minimum Gasteiger partial charge on any atom is -0.389 e. The van der Waals surface area contributed by atoms with E-state index < -0.39 is 5.60 Å². The van der Waals surface area contributed by atoms with Crippen molar-refractivity contribution in [1.82, 2.24) is 4.90 Å². The molecule has 1 saturated carbocycles. The van der Waals surface area contributed by atoms with Crippen molar-refractivity contribution >= 4 is 0 Å². The maximum absolute atomic E-state index is 11.3. The first-order chi connectivity index (χ1) is 11.5. The molecule has 1 aliphatic rings. The minimum absolute atomic E-state index is 0.0316. The molecule has 2 heteroatoms. The van der Waals surface area contributed by atoms with Gasteiger partial charge in [0.2, 0.25) is 0 Å². The molecule has 0 spiro atoms. The highest BCUT2D eigenvalue weighted by Gasteiger charge is 2.46. The Bertz CT molecular complexity index is 642. The van der Waals surface area contributed by atoms with Crippen molar-refractivity contribution in [1.29, 1.82) is 0 Å². The van der Waals surface area contributed by atoms with Gasteiger partial charge in [-0.2, -0.15) is 0 Å². The Kier molecular flexibility index (Phi) is 4.80. The van der Waals surface area contributed by atoms with Crippen molar-refractivity contribution in [2.24, 2.45) is 0 Å². The molecule has 1 atom stereocenters.